The van der Waals surface area contributed by atoms with Crippen LogP contribution in [-0.4, -0.2) is 64.1 Å². The molecular formula is C20H17ClF3N3O4. The van der Waals surface area contributed by atoms with Crippen molar-refractivity contribution in [1.29, 1.82) is 0 Å². The highest BCUT2D eigenvalue weighted by molar-refractivity contribution is 6.32. The quantitative estimate of drug-likeness (QED) is 0.605. The summed E-state index contributed by atoms with van der Waals surface area (Å²) in [5.74, 6) is -3.10. The molecule has 1 saturated heterocycles. The smallest absolute Gasteiger partial charge is 0.475 e. The van der Waals surface area contributed by atoms with Crippen LogP contribution in [0.4, 0.5) is 13.2 Å². The van der Waals surface area contributed by atoms with E-state index in [4.69, 9.17) is 26.2 Å². The topological polar surface area (TPSA) is 84.7 Å². The van der Waals surface area contributed by atoms with Crippen LogP contribution in [0.25, 0.3) is 16.6 Å². The summed E-state index contributed by atoms with van der Waals surface area (Å²) in [6.07, 6.45) is -3.32. The second kappa shape index (κ2) is 8.94. The van der Waals surface area contributed by atoms with Crippen LogP contribution in [0.1, 0.15) is 10.4 Å². The molecule has 11 heteroatoms. The molecule has 0 unspecified atom stereocenters. The Labute approximate surface area is 179 Å². The summed E-state index contributed by atoms with van der Waals surface area (Å²) < 4.78 is 38.9. The van der Waals surface area contributed by atoms with Gasteiger partial charge in [0.15, 0.2) is 0 Å². The van der Waals surface area contributed by atoms with E-state index in [0.717, 1.165) is 29.7 Å². The number of alkyl halides is 3. The Morgan fingerprint density at radius 3 is 2.42 bits per heavy atom. The first-order chi connectivity index (χ1) is 14.6. The highest BCUT2D eigenvalue weighted by atomic mass is 35.5. The second-order valence-corrected chi connectivity index (χ2v) is 7.24. The number of ether oxygens (including phenoxy) is 1. The number of hydrogen-bond acceptors (Lipinski definition) is 5. The molecular weight excluding hydrogens is 439 g/mol. The molecule has 164 valence electrons. The van der Waals surface area contributed by atoms with Crippen LogP contribution < -0.4 is 0 Å². The van der Waals surface area contributed by atoms with E-state index < -0.39 is 12.1 Å². The number of para-hydroxylation sites is 1. The molecule has 0 atom stereocenters. The fourth-order valence-corrected chi connectivity index (χ4v) is 3.17. The molecule has 2 aromatic carbocycles. The van der Waals surface area contributed by atoms with Gasteiger partial charge in [-0.1, -0.05) is 29.8 Å². The first-order valence-electron chi connectivity index (χ1n) is 8.98. The van der Waals surface area contributed by atoms with Gasteiger partial charge in [0.1, 0.15) is 6.10 Å². The summed E-state index contributed by atoms with van der Waals surface area (Å²) in [6.45, 7) is 1.55. The molecule has 4 rings (SSSR count). The number of aromatic nitrogens is 2. The van der Waals surface area contributed by atoms with E-state index >= 15 is 0 Å². The molecule has 3 aromatic rings. The van der Waals surface area contributed by atoms with Crippen molar-refractivity contribution in [2.24, 2.45) is 0 Å². The van der Waals surface area contributed by atoms with E-state index in [2.05, 4.69) is 10.00 Å². The number of carboxylic acids is 1. The molecule has 1 aliphatic rings. The average molecular weight is 456 g/mol. The maximum absolute atomic E-state index is 12.2. The number of hydrogen-bond donors (Lipinski definition) is 1. The lowest BCUT2D eigenvalue weighted by Crippen LogP contribution is -2.50. The highest BCUT2D eigenvalue weighted by Crippen LogP contribution is 2.26. The predicted molar refractivity (Wildman–Crippen MR) is 106 cm³/mol. The van der Waals surface area contributed by atoms with Gasteiger partial charge < -0.3 is 9.84 Å². The van der Waals surface area contributed by atoms with E-state index in [9.17, 15) is 18.0 Å². The van der Waals surface area contributed by atoms with Gasteiger partial charge in [0.25, 0.3) is 0 Å². The van der Waals surface area contributed by atoms with Crippen molar-refractivity contribution in [3.63, 3.8) is 0 Å². The van der Waals surface area contributed by atoms with Gasteiger partial charge in [0.05, 0.1) is 28.0 Å². The second-order valence-electron chi connectivity index (χ2n) is 6.83. The number of halogens is 4. The van der Waals surface area contributed by atoms with Crippen molar-refractivity contribution < 1.29 is 32.6 Å². The number of carbonyl (C=O) groups excluding carboxylic acids is 1. The lowest BCUT2D eigenvalue weighted by atomic mass is 10.1. The molecule has 1 aliphatic heterocycles. The third-order valence-electron chi connectivity index (χ3n) is 4.44. The number of nitrogens with zero attached hydrogens (tertiary/aromatic N) is 3. The number of carboxylic acid groups (broad SMARTS) is 1. The van der Waals surface area contributed by atoms with Crippen LogP contribution in [0.5, 0.6) is 0 Å². The van der Waals surface area contributed by atoms with Crippen molar-refractivity contribution in [1.82, 2.24) is 14.7 Å². The molecule has 1 aromatic heterocycles. The minimum Gasteiger partial charge on any atom is -0.475 e. The average Bonchev–Trinajstić information content (AvgIpc) is 3.10. The van der Waals surface area contributed by atoms with Crippen molar-refractivity contribution in [2.45, 2.75) is 12.3 Å². The van der Waals surface area contributed by atoms with Gasteiger partial charge in [-0.25, -0.2) is 14.3 Å². The molecule has 0 radical (unpaired) electrons. The third-order valence-corrected chi connectivity index (χ3v) is 4.74. The van der Waals surface area contributed by atoms with Crippen LogP contribution in [0.15, 0.2) is 48.7 Å². The zero-order chi connectivity index (χ0) is 22.8. The number of likely N-dealkylation sites (N-methyl/N-ethyl adjacent to an activating group) is 1. The number of carbonyl (C=O) groups is 2. The Kier molecular flexibility index (Phi) is 6.51. The number of likely N-dealkylation sites (tertiary alicyclic amines) is 1. The summed E-state index contributed by atoms with van der Waals surface area (Å²) in [7, 11) is 1.99. The molecule has 0 amide bonds. The molecule has 0 aliphatic carbocycles. The predicted octanol–water partition coefficient (Wildman–Crippen LogP) is 3.78. The monoisotopic (exact) mass is 455 g/mol. The lowest BCUT2D eigenvalue weighted by Gasteiger charge is -2.35. The van der Waals surface area contributed by atoms with Gasteiger partial charge in [-0.05, 0) is 31.3 Å². The number of fused-ring (bicyclic) bond motifs is 1. The summed E-state index contributed by atoms with van der Waals surface area (Å²) in [5, 5.41) is 13.0. The van der Waals surface area contributed by atoms with Gasteiger partial charge in [0.2, 0.25) is 0 Å². The minimum atomic E-state index is -5.08. The number of aliphatic carboxylic acids is 1. The highest BCUT2D eigenvalue weighted by Gasteiger charge is 2.38. The van der Waals surface area contributed by atoms with E-state index in [0.29, 0.717) is 10.6 Å². The van der Waals surface area contributed by atoms with Gasteiger partial charge >= 0.3 is 18.1 Å². The van der Waals surface area contributed by atoms with Crippen molar-refractivity contribution >= 4 is 34.4 Å². The van der Waals surface area contributed by atoms with Gasteiger partial charge in [-0.3, -0.25) is 4.90 Å². The maximum Gasteiger partial charge on any atom is 0.490 e. The van der Waals surface area contributed by atoms with Crippen molar-refractivity contribution in [3.05, 3.63) is 59.2 Å². The standard InChI is InChI=1S/C18H16ClN3O2.C2HF3O2/c1-21-10-14(11-21)24-18(23)12-6-7-17(15(19)8-12)22-16-5-3-2-4-13(16)9-20-22;3-2(4,5)1(6)7/h2-9,14H,10-11H2,1H3;(H,6,7). The molecule has 31 heavy (non-hydrogen) atoms. The number of esters is 1. The fourth-order valence-electron chi connectivity index (χ4n) is 2.91. The van der Waals surface area contributed by atoms with E-state index in [1.54, 1.807) is 29.1 Å². The Morgan fingerprint density at radius 2 is 1.84 bits per heavy atom. The van der Waals surface area contributed by atoms with Gasteiger partial charge in [0, 0.05) is 18.5 Å². The molecule has 1 N–H and O–H groups in total. The van der Waals surface area contributed by atoms with Crippen molar-refractivity contribution in [2.75, 3.05) is 20.1 Å². The van der Waals surface area contributed by atoms with Crippen LogP contribution in [-0.2, 0) is 9.53 Å². The van der Waals surface area contributed by atoms with Crippen LogP contribution in [0.3, 0.4) is 0 Å². The van der Waals surface area contributed by atoms with Gasteiger partial charge in [-0.2, -0.15) is 18.3 Å². The first-order valence-corrected chi connectivity index (χ1v) is 9.36. The molecule has 1 fully saturated rings. The molecule has 2 heterocycles. The van der Waals surface area contributed by atoms with E-state index in [1.165, 1.54) is 0 Å². The Hall–Kier alpha value is -3.11. The zero-order valence-corrected chi connectivity index (χ0v) is 16.9. The summed E-state index contributed by atoms with van der Waals surface area (Å²) in [6, 6.07) is 13.1. The number of benzene rings is 2. The number of rotatable bonds is 3. The third kappa shape index (κ3) is 5.33. The largest absolute Gasteiger partial charge is 0.490 e. The van der Waals surface area contributed by atoms with Crippen LogP contribution in [0.2, 0.25) is 5.02 Å². The summed E-state index contributed by atoms with van der Waals surface area (Å²) in [5.41, 5.74) is 2.15. The Morgan fingerprint density at radius 1 is 1.19 bits per heavy atom. The zero-order valence-electron chi connectivity index (χ0n) is 16.1. The van der Waals surface area contributed by atoms with Crippen LogP contribution in [0, 0.1) is 0 Å². The van der Waals surface area contributed by atoms with E-state index in [1.807, 2.05) is 31.3 Å². The van der Waals surface area contributed by atoms with Gasteiger partial charge in [-0.15, -0.1) is 0 Å². The Bertz CT molecular complexity index is 1110. The Balaban J connectivity index is 0.000000339. The molecule has 0 spiro atoms. The molecule has 0 saturated carbocycles. The van der Waals surface area contributed by atoms with E-state index in [-0.39, 0.29) is 12.1 Å². The normalized spacial score (nSPS) is 14.5. The molecule has 0 bridgehead atoms. The lowest BCUT2D eigenvalue weighted by molar-refractivity contribution is -0.192. The first kappa shape index (κ1) is 22.6. The summed E-state index contributed by atoms with van der Waals surface area (Å²) >= 11 is 6.40. The minimum absolute atomic E-state index is 0.0315. The van der Waals surface area contributed by atoms with Crippen LogP contribution >= 0.6 is 11.6 Å². The van der Waals surface area contributed by atoms with Crippen molar-refractivity contribution in [3.8, 4) is 5.69 Å². The fraction of sp³-hybridized carbons (Fsp3) is 0.250. The maximum atomic E-state index is 12.2. The molecule has 7 nitrogen and oxygen atoms in total. The SMILES string of the molecule is CN1CC(OC(=O)c2ccc(-n3ncc4ccccc43)c(Cl)c2)C1.O=C(O)C(F)(F)F. The summed E-state index contributed by atoms with van der Waals surface area (Å²) in [4.78, 5) is 23.2.